The molecule has 3 aromatic rings. The Morgan fingerprint density at radius 3 is 1.12 bits per heavy atom. The number of anilines is 4. The van der Waals surface area contributed by atoms with Crippen molar-refractivity contribution in [2.45, 2.75) is 163 Å². The third-order valence-electron chi connectivity index (χ3n) is 11.4. The van der Waals surface area contributed by atoms with Crippen molar-refractivity contribution in [2.24, 2.45) is 0 Å². The molecule has 0 unspecified atom stereocenters. The summed E-state index contributed by atoms with van der Waals surface area (Å²) in [7, 11) is 0. The van der Waals surface area contributed by atoms with Gasteiger partial charge in [-0.2, -0.15) is 19.9 Å². The Hall–Kier alpha value is -2.42. The minimum atomic E-state index is 0.516. The highest BCUT2D eigenvalue weighted by Crippen LogP contribution is 2.35. The van der Waals surface area contributed by atoms with Gasteiger partial charge in [0.05, 0.1) is 11.8 Å². The molecule has 1 aromatic carbocycles. The van der Waals surface area contributed by atoms with Crippen molar-refractivity contribution in [1.82, 2.24) is 29.9 Å². The van der Waals surface area contributed by atoms with E-state index in [9.17, 15) is 0 Å². The van der Waals surface area contributed by atoms with Crippen LogP contribution in [0, 0.1) is 9.54 Å². The van der Waals surface area contributed by atoms with E-state index in [1.807, 2.05) is 0 Å². The van der Waals surface area contributed by atoms with Gasteiger partial charge in [0.15, 0.2) is 10.3 Å². The molecular weight excluding hydrogens is 725 g/mol. The van der Waals surface area contributed by atoms with Crippen LogP contribution in [-0.2, 0) is 0 Å². The van der Waals surface area contributed by atoms with Crippen LogP contribution in [0.25, 0.3) is 0 Å². The van der Waals surface area contributed by atoms with Crippen molar-refractivity contribution in [3.05, 3.63) is 33.8 Å². The predicted molar refractivity (Wildman–Crippen MR) is 222 cm³/mol. The molecule has 0 amide bonds. The second-order valence-corrected chi connectivity index (χ2v) is 17.7. The van der Waals surface area contributed by atoms with E-state index in [2.05, 4.69) is 64.6 Å². The molecule has 0 aliphatic heterocycles. The number of H-pyrrole nitrogens is 2. The fourth-order valence-corrected chi connectivity index (χ4v) is 10.7. The van der Waals surface area contributed by atoms with E-state index in [4.69, 9.17) is 34.4 Å². The number of hydrogen-bond acceptors (Lipinski definition) is 12. The van der Waals surface area contributed by atoms with Crippen molar-refractivity contribution in [1.29, 1.82) is 0 Å². The summed E-state index contributed by atoms with van der Waals surface area (Å²) in [6, 6.07) is 10.6. The molecule has 0 radical (unpaired) electrons. The summed E-state index contributed by atoms with van der Waals surface area (Å²) in [5.74, 6) is 3.14. The molecule has 4 aliphatic carbocycles. The Balaban J connectivity index is 0.923. The van der Waals surface area contributed by atoms with Gasteiger partial charge in [-0.3, -0.25) is 0 Å². The molecule has 14 heteroatoms. The minimum absolute atomic E-state index is 0.516. The van der Waals surface area contributed by atoms with Gasteiger partial charge >= 0.3 is 0 Å². The molecule has 52 heavy (non-hydrogen) atoms. The van der Waals surface area contributed by atoms with Crippen molar-refractivity contribution in [2.75, 3.05) is 32.2 Å². The molecule has 0 saturated heterocycles. The zero-order valence-corrected chi connectivity index (χ0v) is 33.8. The van der Waals surface area contributed by atoms with Gasteiger partial charge in [-0.1, -0.05) is 101 Å². The highest BCUT2D eigenvalue weighted by atomic mass is 32.2. The average Bonchev–Trinajstić information content (AvgIpc) is 3.17. The van der Waals surface area contributed by atoms with Crippen molar-refractivity contribution in [3.8, 4) is 0 Å². The van der Waals surface area contributed by atoms with E-state index in [-0.39, 0.29) is 0 Å². The molecule has 0 spiro atoms. The van der Waals surface area contributed by atoms with Crippen LogP contribution >= 0.6 is 48.0 Å². The molecule has 4 fully saturated rings. The van der Waals surface area contributed by atoms with Crippen LogP contribution in [-0.4, -0.2) is 65.8 Å². The van der Waals surface area contributed by atoms with Gasteiger partial charge in [0.2, 0.25) is 21.4 Å². The molecule has 282 valence electrons. The molecule has 2 heterocycles. The summed E-state index contributed by atoms with van der Waals surface area (Å²) < 4.78 is 1.03. The number of hydrogen-bond donors (Lipinski definition) is 4. The second-order valence-electron chi connectivity index (χ2n) is 15.0. The molecule has 4 aliphatic rings. The maximum atomic E-state index is 5.62. The lowest BCUT2D eigenvalue weighted by Crippen LogP contribution is -2.46. The van der Waals surface area contributed by atoms with Crippen molar-refractivity contribution >= 4 is 71.2 Å². The van der Waals surface area contributed by atoms with Crippen LogP contribution in [0.3, 0.4) is 0 Å². The first-order valence-electron chi connectivity index (χ1n) is 20.0. The summed E-state index contributed by atoms with van der Waals surface area (Å²) in [4.78, 5) is 31.2. The van der Waals surface area contributed by atoms with Gasteiger partial charge in [0.1, 0.15) is 0 Å². The fraction of sp³-hybridized carbons (Fsp3) is 0.684. The highest BCUT2D eigenvalue weighted by molar-refractivity contribution is 7.99. The summed E-state index contributed by atoms with van der Waals surface area (Å²) in [5, 5.41) is 8.51. The molecule has 2 aromatic heterocycles. The van der Waals surface area contributed by atoms with E-state index in [0.29, 0.717) is 45.5 Å². The normalized spacial score (nSPS) is 19.7. The maximum absolute atomic E-state index is 5.62. The Kier molecular flexibility index (Phi) is 14.0. The molecule has 0 atom stereocenters. The van der Waals surface area contributed by atoms with E-state index >= 15 is 0 Å². The van der Waals surface area contributed by atoms with E-state index in [1.54, 1.807) is 23.5 Å². The van der Waals surface area contributed by atoms with Gasteiger partial charge in [-0.15, -0.1) is 0 Å². The number of benzene rings is 1. The number of nitrogens with zero attached hydrogens (tertiary/aromatic N) is 6. The zero-order chi connectivity index (χ0) is 35.5. The first-order valence-corrected chi connectivity index (χ1v) is 22.7. The Bertz CT molecular complexity index is 1500. The van der Waals surface area contributed by atoms with Gasteiger partial charge in [0.25, 0.3) is 0 Å². The number of nitrogens with one attached hydrogen (secondary N) is 4. The number of thioether (sulfide) groups is 2. The van der Waals surface area contributed by atoms with Crippen molar-refractivity contribution in [3.63, 3.8) is 0 Å². The number of aromatic amines is 2. The molecule has 4 N–H and O–H groups in total. The lowest BCUT2D eigenvalue weighted by molar-refractivity contribution is 0.334. The standard InChI is InChI=1S/C38H56N10S4/c49-35-41-33(47(29-13-5-1-6-14-29)30-15-7-2-8-16-30)43-37(45-35)51-25-39-27-21-23-28(24-22-27)40-26-52-38-44-34(42-36(50)46-38)48(31-17-9-3-10-18-31)32-19-11-4-12-20-32/h21-24,29-32,39-40H,1-20,25-26H2,(H,41,43,45,49)(H,42,44,46,50). The minimum Gasteiger partial charge on any atom is -0.376 e. The van der Waals surface area contributed by atoms with Gasteiger partial charge in [-0.25, -0.2) is 0 Å². The molecule has 4 saturated carbocycles. The van der Waals surface area contributed by atoms with Crippen molar-refractivity contribution < 1.29 is 0 Å². The van der Waals surface area contributed by atoms with Gasteiger partial charge < -0.3 is 30.4 Å². The van der Waals surface area contributed by atoms with E-state index in [1.165, 1.54) is 128 Å². The second kappa shape index (κ2) is 19.3. The quantitative estimate of drug-likeness (QED) is 0.0709. The summed E-state index contributed by atoms with van der Waals surface area (Å²) in [6.07, 6.45) is 25.7. The summed E-state index contributed by atoms with van der Waals surface area (Å²) >= 11 is 14.4. The largest absolute Gasteiger partial charge is 0.376 e. The zero-order valence-electron chi connectivity index (χ0n) is 30.5. The lowest BCUT2D eigenvalue weighted by atomic mass is 9.89. The number of aromatic nitrogens is 6. The lowest BCUT2D eigenvalue weighted by Gasteiger charge is -2.42. The molecular formula is C38H56N10S4. The topological polar surface area (TPSA) is 114 Å². The fourth-order valence-electron chi connectivity index (χ4n) is 8.88. The third kappa shape index (κ3) is 10.4. The first-order chi connectivity index (χ1) is 25.6. The van der Waals surface area contributed by atoms with Crippen LogP contribution in [0.1, 0.15) is 128 Å². The van der Waals surface area contributed by atoms with Crippen LogP contribution < -0.4 is 20.4 Å². The smallest absolute Gasteiger partial charge is 0.208 e. The summed E-state index contributed by atoms with van der Waals surface area (Å²) in [6.45, 7) is 0. The number of rotatable bonds is 14. The van der Waals surface area contributed by atoms with Crippen LogP contribution in [0.5, 0.6) is 0 Å². The SMILES string of the molecule is S=c1nc(SCNc2ccc(NCSc3nc(N(C4CCCCC4)C4CCCCC4)[nH]c(=S)n3)cc2)nc(N(C2CCCCC2)C2CCCCC2)[nH]1. The first kappa shape index (κ1) is 37.9. The predicted octanol–water partition coefficient (Wildman–Crippen LogP) is 10.6. The monoisotopic (exact) mass is 780 g/mol. The Morgan fingerprint density at radius 1 is 0.500 bits per heavy atom. The van der Waals surface area contributed by atoms with E-state index in [0.717, 1.165) is 33.6 Å². The van der Waals surface area contributed by atoms with Gasteiger partial charge in [-0.05, 0) is 100 Å². The highest BCUT2D eigenvalue weighted by Gasteiger charge is 2.32. The van der Waals surface area contributed by atoms with Crippen LogP contribution in [0.15, 0.2) is 34.6 Å². The van der Waals surface area contributed by atoms with Crippen LogP contribution in [0.2, 0.25) is 0 Å². The third-order valence-corrected chi connectivity index (χ3v) is 13.3. The Labute approximate surface area is 328 Å². The average molecular weight is 781 g/mol. The maximum Gasteiger partial charge on any atom is 0.208 e. The van der Waals surface area contributed by atoms with Gasteiger partial charge in [0, 0.05) is 35.5 Å². The summed E-state index contributed by atoms with van der Waals surface area (Å²) in [5.41, 5.74) is 2.09. The molecule has 0 bridgehead atoms. The molecule has 10 nitrogen and oxygen atoms in total. The van der Waals surface area contributed by atoms with Crippen LogP contribution in [0.4, 0.5) is 23.3 Å². The Morgan fingerprint density at radius 2 is 0.808 bits per heavy atom. The van der Waals surface area contributed by atoms with E-state index < -0.39 is 0 Å². The molecule has 7 rings (SSSR count).